The molecule has 1 atom stereocenters. The van der Waals surface area contributed by atoms with Crippen LogP contribution in [0.5, 0.6) is 5.75 Å². The topological polar surface area (TPSA) is 85.7 Å². The average molecular weight is 493 g/mol. The normalized spacial score (nSPS) is 20.4. The van der Waals surface area contributed by atoms with E-state index in [4.69, 9.17) is 9.47 Å². The third kappa shape index (κ3) is 5.48. The minimum absolute atomic E-state index is 0.0288. The van der Waals surface area contributed by atoms with Gasteiger partial charge in [-0.1, -0.05) is 23.8 Å². The molecule has 0 saturated carbocycles. The molecule has 192 valence electrons. The summed E-state index contributed by atoms with van der Waals surface area (Å²) < 4.78 is 13.4. The molecule has 1 N–H and O–H groups in total. The van der Waals surface area contributed by atoms with Crippen LogP contribution in [0.15, 0.2) is 42.2 Å². The maximum absolute atomic E-state index is 13.3. The van der Waals surface area contributed by atoms with Crippen molar-refractivity contribution in [1.29, 1.82) is 0 Å². The Kier molecular flexibility index (Phi) is 7.70. The number of carbonyl (C=O) groups excluding carboxylic acids is 2. The molecule has 2 aromatic rings. The van der Waals surface area contributed by atoms with Gasteiger partial charge in [-0.05, 0) is 62.6 Å². The quantitative estimate of drug-likeness (QED) is 0.590. The molecule has 3 aliphatic rings. The minimum atomic E-state index is -0.0933. The first kappa shape index (κ1) is 24.6. The third-order valence-corrected chi connectivity index (χ3v) is 7.70. The SMILES string of the molecule is COc1ccc([C@H]2Cn3cnc(C(=O)N4CCC(C(=O)NCCC5=CCCCC5)CC4)c3CO2)cc1. The second-order valence-electron chi connectivity index (χ2n) is 9.98. The second kappa shape index (κ2) is 11.3. The van der Waals surface area contributed by atoms with Gasteiger partial charge in [0.2, 0.25) is 5.91 Å². The number of piperidine rings is 1. The van der Waals surface area contributed by atoms with Gasteiger partial charge in [-0.3, -0.25) is 9.59 Å². The van der Waals surface area contributed by atoms with Gasteiger partial charge in [-0.25, -0.2) is 4.98 Å². The summed E-state index contributed by atoms with van der Waals surface area (Å²) in [7, 11) is 1.65. The van der Waals surface area contributed by atoms with Gasteiger partial charge in [0, 0.05) is 25.6 Å². The van der Waals surface area contributed by atoms with Crippen molar-refractivity contribution in [3.05, 3.63) is 59.2 Å². The second-order valence-corrected chi connectivity index (χ2v) is 9.98. The lowest BCUT2D eigenvalue weighted by molar-refractivity contribution is -0.126. The van der Waals surface area contributed by atoms with Crippen molar-refractivity contribution in [3.63, 3.8) is 0 Å². The van der Waals surface area contributed by atoms with E-state index in [0.29, 0.717) is 51.3 Å². The largest absolute Gasteiger partial charge is 0.497 e. The number of hydrogen-bond donors (Lipinski definition) is 1. The third-order valence-electron chi connectivity index (χ3n) is 7.70. The van der Waals surface area contributed by atoms with Crippen LogP contribution in [-0.2, 0) is 22.7 Å². The van der Waals surface area contributed by atoms with Crippen LogP contribution in [0.3, 0.4) is 0 Å². The van der Waals surface area contributed by atoms with Gasteiger partial charge in [0.1, 0.15) is 11.9 Å². The summed E-state index contributed by atoms with van der Waals surface area (Å²) in [5.41, 5.74) is 3.83. The van der Waals surface area contributed by atoms with Crippen LogP contribution in [0, 0.1) is 5.92 Å². The monoisotopic (exact) mass is 492 g/mol. The molecule has 2 amide bonds. The Hall–Kier alpha value is -3.13. The number of hydrogen-bond acceptors (Lipinski definition) is 5. The van der Waals surface area contributed by atoms with E-state index in [9.17, 15) is 9.59 Å². The van der Waals surface area contributed by atoms with E-state index in [1.165, 1.54) is 31.3 Å². The van der Waals surface area contributed by atoms with Gasteiger partial charge in [0.25, 0.3) is 5.91 Å². The fourth-order valence-electron chi connectivity index (χ4n) is 5.44. The van der Waals surface area contributed by atoms with Gasteiger partial charge < -0.3 is 24.3 Å². The number of allylic oxidation sites excluding steroid dienone is 1. The number of methoxy groups -OCH3 is 1. The zero-order valence-corrected chi connectivity index (χ0v) is 21.1. The van der Waals surface area contributed by atoms with Gasteiger partial charge >= 0.3 is 0 Å². The molecule has 2 aliphatic heterocycles. The Bertz CT molecular complexity index is 1100. The van der Waals surface area contributed by atoms with E-state index in [-0.39, 0.29) is 23.8 Å². The maximum atomic E-state index is 13.3. The summed E-state index contributed by atoms with van der Waals surface area (Å²) in [4.78, 5) is 32.2. The summed E-state index contributed by atoms with van der Waals surface area (Å²) in [6.45, 7) is 2.81. The molecular formula is C28H36N4O4. The van der Waals surface area contributed by atoms with Gasteiger partial charge in [0.05, 0.1) is 32.3 Å². The molecule has 8 nitrogen and oxygen atoms in total. The Morgan fingerprint density at radius 2 is 1.97 bits per heavy atom. The van der Waals surface area contributed by atoms with E-state index in [1.807, 2.05) is 33.7 Å². The van der Waals surface area contributed by atoms with Crippen molar-refractivity contribution in [3.8, 4) is 5.75 Å². The first-order valence-electron chi connectivity index (χ1n) is 13.2. The van der Waals surface area contributed by atoms with Crippen molar-refractivity contribution in [2.75, 3.05) is 26.7 Å². The summed E-state index contributed by atoms with van der Waals surface area (Å²) >= 11 is 0. The first-order valence-corrected chi connectivity index (χ1v) is 13.2. The Morgan fingerprint density at radius 3 is 2.69 bits per heavy atom. The number of nitrogens with zero attached hydrogens (tertiary/aromatic N) is 3. The zero-order chi connectivity index (χ0) is 24.9. The maximum Gasteiger partial charge on any atom is 0.274 e. The molecule has 0 spiro atoms. The van der Waals surface area contributed by atoms with E-state index < -0.39 is 0 Å². The van der Waals surface area contributed by atoms with Crippen molar-refractivity contribution in [1.82, 2.24) is 19.8 Å². The van der Waals surface area contributed by atoms with E-state index in [1.54, 1.807) is 13.4 Å². The molecule has 0 unspecified atom stereocenters. The molecule has 1 aromatic carbocycles. The van der Waals surface area contributed by atoms with E-state index in [2.05, 4.69) is 16.4 Å². The minimum Gasteiger partial charge on any atom is -0.497 e. The van der Waals surface area contributed by atoms with Crippen LogP contribution in [-0.4, -0.2) is 53.0 Å². The number of rotatable bonds is 7. The molecule has 1 aliphatic carbocycles. The van der Waals surface area contributed by atoms with Crippen LogP contribution >= 0.6 is 0 Å². The van der Waals surface area contributed by atoms with Gasteiger partial charge in [-0.15, -0.1) is 0 Å². The highest BCUT2D eigenvalue weighted by Crippen LogP contribution is 2.30. The molecule has 0 bridgehead atoms. The predicted octanol–water partition coefficient (Wildman–Crippen LogP) is 4.02. The number of ether oxygens (including phenoxy) is 2. The fraction of sp³-hybridized carbons (Fsp3) is 0.536. The highest BCUT2D eigenvalue weighted by Gasteiger charge is 2.32. The Morgan fingerprint density at radius 1 is 1.17 bits per heavy atom. The van der Waals surface area contributed by atoms with Crippen LogP contribution in [0.25, 0.3) is 0 Å². The summed E-state index contributed by atoms with van der Waals surface area (Å²) in [5.74, 6) is 0.831. The summed E-state index contributed by atoms with van der Waals surface area (Å²) in [6.07, 6.45) is 11.2. The lowest BCUT2D eigenvalue weighted by Gasteiger charge is -2.31. The standard InChI is InChI=1S/C28H36N4O4/c1-35-23-9-7-21(8-10-23)25-17-32-19-30-26(24(32)18-36-25)28(34)31-15-12-22(13-16-31)27(33)29-14-11-20-5-3-2-4-6-20/h5,7-10,19,22,25H,2-4,6,11-18H2,1H3,(H,29,33)/t25-/m1/s1. The van der Waals surface area contributed by atoms with Crippen molar-refractivity contribution >= 4 is 11.8 Å². The molecule has 1 saturated heterocycles. The molecule has 8 heteroatoms. The zero-order valence-electron chi connectivity index (χ0n) is 21.1. The molecule has 1 aromatic heterocycles. The van der Waals surface area contributed by atoms with Crippen molar-refractivity contribution in [2.24, 2.45) is 5.92 Å². The number of likely N-dealkylation sites (tertiary alicyclic amines) is 1. The lowest BCUT2D eigenvalue weighted by atomic mass is 9.95. The molecule has 0 radical (unpaired) electrons. The van der Waals surface area contributed by atoms with Gasteiger partial charge in [-0.2, -0.15) is 0 Å². The molecular weight excluding hydrogens is 456 g/mol. The first-order chi connectivity index (χ1) is 17.6. The number of fused-ring (bicyclic) bond motifs is 1. The molecule has 5 rings (SSSR count). The Balaban J connectivity index is 1.11. The molecule has 1 fully saturated rings. The molecule has 36 heavy (non-hydrogen) atoms. The lowest BCUT2D eigenvalue weighted by Crippen LogP contribution is -2.43. The van der Waals surface area contributed by atoms with E-state index in [0.717, 1.165) is 23.4 Å². The number of nitrogens with one attached hydrogen (secondary N) is 1. The number of aromatic nitrogens is 2. The van der Waals surface area contributed by atoms with Crippen LogP contribution in [0.1, 0.15) is 72.8 Å². The number of imidazole rings is 1. The summed E-state index contributed by atoms with van der Waals surface area (Å²) in [6, 6.07) is 7.86. The van der Waals surface area contributed by atoms with Crippen LogP contribution in [0.4, 0.5) is 0 Å². The van der Waals surface area contributed by atoms with Gasteiger partial charge in [0.15, 0.2) is 5.69 Å². The predicted molar refractivity (Wildman–Crippen MR) is 136 cm³/mol. The highest BCUT2D eigenvalue weighted by molar-refractivity contribution is 5.93. The number of benzene rings is 1. The number of amides is 2. The average Bonchev–Trinajstić information content (AvgIpc) is 3.36. The van der Waals surface area contributed by atoms with E-state index >= 15 is 0 Å². The van der Waals surface area contributed by atoms with Crippen molar-refractivity contribution in [2.45, 2.75) is 64.2 Å². The highest BCUT2D eigenvalue weighted by atomic mass is 16.5. The summed E-state index contributed by atoms with van der Waals surface area (Å²) in [5, 5.41) is 3.11. The number of carbonyl (C=O) groups is 2. The fourth-order valence-corrected chi connectivity index (χ4v) is 5.44. The van der Waals surface area contributed by atoms with Crippen molar-refractivity contribution < 1.29 is 19.1 Å². The van der Waals surface area contributed by atoms with Crippen LogP contribution < -0.4 is 10.1 Å². The molecule has 3 heterocycles. The Labute approximate surface area is 212 Å². The van der Waals surface area contributed by atoms with Crippen LogP contribution in [0.2, 0.25) is 0 Å². The smallest absolute Gasteiger partial charge is 0.274 e.